The largest absolute Gasteiger partial charge is 0.481 e. The smallest absolute Gasteiger partial charge is 0.315 e. The third-order valence-electron chi connectivity index (χ3n) is 2.96. The zero-order chi connectivity index (χ0) is 15.2. The lowest BCUT2D eigenvalue weighted by atomic mass is 10.2. The maximum atomic E-state index is 11.9. The van der Waals surface area contributed by atoms with Gasteiger partial charge in [-0.25, -0.2) is 9.78 Å². The molecule has 0 radical (unpaired) electrons. The van der Waals surface area contributed by atoms with Crippen LogP contribution in [0.1, 0.15) is 24.4 Å². The zero-order valence-corrected chi connectivity index (χ0v) is 12.2. The zero-order valence-electron chi connectivity index (χ0n) is 12.2. The van der Waals surface area contributed by atoms with Gasteiger partial charge in [-0.3, -0.25) is 0 Å². The van der Waals surface area contributed by atoms with E-state index in [0.717, 1.165) is 5.56 Å². The number of methoxy groups -OCH3 is 1. The quantitative estimate of drug-likeness (QED) is 0.848. The monoisotopic (exact) mass is 290 g/mol. The number of carbonyl (C=O) groups excluding carboxylic acids is 1. The van der Waals surface area contributed by atoms with Crippen molar-refractivity contribution < 1.29 is 9.53 Å². The summed E-state index contributed by atoms with van der Waals surface area (Å²) < 4.78 is 6.89. The number of rotatable bonds is 5. The lowest BCUT2D eigenvalue weighted by Crippen LogP contribution is -2.37. The lowest BCUT2D eigenvalue weighted by Gasteiger charge is -2.14. The molecule has 0 bridgehead atoms. The summed E-state index contributed by atoms with van der Waals surface area (Å²) in [7, 11) is 3.37. The van der Waals surface area contributed by atoms with Crippen molar-refractivity contribution in [3.63, 3.8) is 0 Å². The van der Waals surface area contributed by atoms with E-state index in [0.29, 0.717) is 18.2 Å². The van der Waals surface area contributed by atoms with E-state index in [1.165, 1.54) is 0 Å². The Labute approximate surface area is 122 Å². The minimum Gasteiger partial charge on any atom is -0.481 e. The van der Waals surface area contributed by atoms with E-state index < -0.39 is 0 Å². The van der Waals surface area contributed by atoms with Gasteiger partial charge in [0, 0.05) is 25.4 Å². The van der Waals surface area contributed by atoms with Gasteiger partial charge >= 0.3 is 6.03 Å². The van der Waals surface area contributed by atoms with Crippen molar-refractivity contribution in [1.82, 2.24) is 30.4 Å². The second-order valence-corrected chi connectivity index (χ2v) is 4.52. The van der Waals surface area contributed by atoms with Gasteiger partial charge in [0.1, 0.15) is 6.33 Å². The number of urea groups is 1. The topological polar surface area (TPSA) is 94.0 Å². The minimum atomic E-state index is -0.295. The lowest BCUT2D eigenvalue weighted by molar-refractivity contribution is 0.236. The molecule has 2 heterocycles. The first kappa shape index (κ1) is 14.8. The summed E-state index contributed by atoms with van der Waals surface area (Å²) in [4.78, 5) is 16.0. The van der Waals surface area contributed by atoms with E-state index in [2.05, 4.69) is 25.8 Å². The predicted molar refractivity (Wildman–Crippen MR) is 75.6 cm³/mol. The van der Waals surface area contributed by atoms with Crippen molar-refractivity contribution in [2.75, 3.05) is 7.11 Å². The number of hydrogen-bond donors (Lipinski definition) is 2. The average molecular weight is 290 g/mol. The number of carbonyl (C=O) groups is 1. The molecule has 8 nitrogen and oxygen atoms in total. The standard InChI is InChI=1S/C13H18N6O2/c1-9(11-18-16-8-19(11)2)17-13(20)15-7-10-5-4-6-14-12(10)21-3/h4-6,8-9H,7H2,1-3H3,(H2,15,17,20). The molecule has 0 fully saturated rings. The Morgan fingerprint density at radius 3 is 3.00 bits per heavy atom. The fourth-order valence-electron chi connectivity index (χ4n) is 1.91. The summed E-state index contributed by atoms with van der Waals surface area (Å²) >= 11 is 0. The number of hydrogen-bond acceptors (Lipinski definition) is 5. The highest BCUT2D eigenvalue weighted by atomic mass is 16.5. The van der Waals surface area contributed by atoms with Crippen molar-refractivity contribution in [2.45, 2.75) is 19.5 Å². The summed E-state index contributed by atoms with van der Waals surface area (Å²) in [5, 5.41) is 13.3. The first-order valence-electron chi connectivity index (χ1n) is 6.48. The molecule has 8 heteroatoms. The van der Waals surface area contributed by atoms with Crippen LogP contribution in [0, 0.1) is 0 Å². The van der Waals surface area contributed by atoms with Crippen LogP contribution in [0.15, 0.2) is 24.7 Å². The summed E-state index contributed by atoms with van der Waals surface area (Å²) in [6, 6.07) is 3.10. The fourth-order valence-corrected chi connectivity index (χ4v) is 1.91. The molecule has 1 unspecified atom stereocenters. The molecule has 2 N–H and O–H groups in total. The van der Waals surface area contributed by atoms with Crippen LogP contribution in [0.2, 0.25) is 0 Å². The number of pyridine rings is 1. The van der Waals surface area contributed by atoms with Crippen molar-refractivity contribution in [3.8, 4) is 5.88 Å². The molecule has 2 amide bonds. The molecule has 21 heavy (non-hydrogen) atoms. The highest BCUT2D eigenvalue weighted by molar-refractivity contribution is 5.74. The third kappa shape index (κ3) is 3.68. The Kier molecular flexibility index (Phi) is 4.70. The van der Waals surface area contributed by atoms with E-state index in [4.69, 9.17) is 4.74 Å². The van der Waals surface area contributed by atoms with Crippen LogP contribution >= 0.6 is 0 Å². The molecule has 1 atom stereocenters. The number of nitrogens with one attached hydrogen (secondary N) is 2. The molecule has 112 valence electrons. The van der Waals surface area contributed by atoms with Gasteiger partial charge in [0.2, 0.25) is 5.88 Å². The van der Waals surface area contributed by atoms with Crippen LogP contribution in [-0.4, -0.2) is 32.9 Å². The van der Waals surface area contributed by atoms with Crippen LogP contribution in [0.5, 0.6) is 5.88 Å². The second kappa shape index (κ2) is 6.69. The Balaban J connectivity index is 1.89. The van der Waals surface area contributed by atoms with E-state index >= 15 is 0 Å². The first-order chi connectivity index (χ1) is 10.1. The average Bonchev–Trinajstić information content (AvgIpc) is 2.91. The Bertz CT molecular complexity index is 612. The van der Waals surface area contributed by atoms with Gasteiger partial charge in [0.05, 0.1) is 13.2 Å². The predicted octanol–water partition coefficient (Wildman–Crippen LogP) is 0.779. The highest BCUT2D eigenvalue weighted by Gasteiger charge is 2.14. The summed E-state index contributed by atoms with van der Waals surface area (Å²) in [5.41, 5.74) is 0.807. The Morgan fingerprint density at radius 1 is 1.52 bits per heavy atom. The summed E-state index contributed by atoms with van der Waals surface area (Å²) in [6.45, 7) is 2.17. The fraction of sp³-hybridized carbons (Fsp3) is 0.385. The van der Waals surface area contributed by atoms with Crippen LogP contribution in [0.3, 0.4) is 0 Å². The number of aryl methyl sites for hydroxylation is 1. The second-order valence-electron chi connectivity index (χ2n) is 4.52. The molecule has 2 rings (SSSR count). The van der Waals surface area contributed by atoms with Gasteiger partial charge in [-0.1, -0.05) is 6.07 Å². The van der Waals surface area contributed by atoms with E-state index in [1.54, 1.807) is 30.3 Å². The maximum absolute atomic E-state index is 11.9. The molecule has 2 aromatic rings. The molecule has 0 spiro atoms. The maximum Gasteiger partial charge on any atom is 0.315 e. The van der Waals surface area contributed by atoms with Gasteiger partial charge in [-0.15, -0.1) is 10.2 Å². The summed E-state index contributed by atoms with van der Waals surface area (Å²) in [5.74, 6) is 1.18. The van der Waals surface area contributed by atoms with Gasteiger partial charge in [0.15, 0.2) is 5.82 Å². The van der Waals surface area contributed by atoms with E-state index in [9.17, 15) is 4.79 Å². The van der Waals surface area contributed by atoms with Gasteiger partial charge in [0.25, 0.3) is 0 Å². The SMILES string of the molecule is COc1ncccc1CNC(=O)NC(C)c1nncn1C. The molecule has 0 aliphatic heterocycles. The van der Waals surface area contributed by atoms with E-state index in [1.807, 2.05) is 20.0 Å². The normalized spacial score (nSPS) is 11.8. The molecular formula is C13H18N6O2. The molecule has 0 saturated carbocycles. The molecule has 2 aromatic heterocycles. The van der Waals surface area contributed by atoms with Gasteiger partial charge < -0.3 is 19.9 Å². The van der Waals surface area contributed by atoms with Crippen molar-refractivity contribution in [3.05, 3.63) is 36.0 Å². The third-order valence-corrected chi connectivity index (χ3v) is 2.96. The number of nitrogens with zero attached hydrogens (tertiary/aromatic N) is 4. The molecule has 0 aromatic carbocycles. The van der Waals surface area contributed by atoms with Crippen molar-refractivity contribution in [2.24, 2.45) is 7.05 Å². The van der Waals surface area contributed by atoms with Crippen LogP contribution in [0.4, 0.5) is 4.79 Å². The van der Waals surface area contributed by atoms with Crippen molar-refractivity contribution >= 4 is 6.03 Å². The highest BCUT2D eigenvalue weighted by Crippen LogP contribution is 2.13. The first-order valence-corrected chi connectivity index (χ1v) is 6.48. The van der Waals surface area contributed by atoms with Gasteiger partial charge in [-0.05, 0) is 13.0 Å². The van der Waals surface area contributed by atoms with E-state index in [-0.39, 0.29) is 12.1 Å². The van der Waals surface area contributed by atoms with Crippen LogP contribution < -0.4 is 15.4 Å². The van der Waals surface area contributed by atoms with Crippen molar-refractivity contribution in [1.29, 1.82) is 0 Å². The van der Waals surface area contributed by atoms with Crippen LogP contribution in [0.25, 0.3) is 0 Å². The number of ether oxygens (including phenoxy) is 1. The van der Waals surface area contributed by atoms with Crippen LogP contribution in [-0.2, 0) is 13.6 Å². The number of amides is 2. The molecule has 0 aliphatic carbocycles. The Hall–Kier alpha value is -2.64. The summed E-state index contributed by atoms with van der Waals surface area (Å²) in [6.07, 6.45) is 3.23. The molecular weight excluding hydrogens is 272 g/mol. The van der Waals surface area contributed by atoms with Gasteiger partial charge in [-0.2, -0.15) is 0 Å². The molecule has 0 saturated heterocycles. The minimum absolute atomic E-state index is 0.242. The number of aromatic nitrogens is 4. The molecule has 0 aliphatic rings. The Morgan fingerprint density at radius 2 is 2.33 bits per heavy atom.